The van der Waals surface area contributed by atoms with Crippen molar-refractivity contribution in [3.63, 3.8) is 0 Å². The van der Waals surface area contributed by atoms with Gasteiger partial charge in [0.25, 0.3) is 0 Å². The fourth-order valence-electron chi connectivity index (χ4n) is 0.147. The molecule has 0 spiro atoms. The van der Waals surface area contributed by atoms with E-state index < -0.39 is 0 Å². The molecule has 2 heteroatoms. The van der Waals surface area contributed by atoms with Crippen molar-refractivity contribution in [2.45, 2.75) is 0 Å². The second-order valence-electron chi connectivity index (χ2n) is 0.624. The van der Waals surface area contributed by atoms with E-state index in [0.29, 0.717) is 17.2 Å². The minimum atomic E-state index is 0.421. The quantitative estimate of drug-likeness (QED) is 0.432. The fraction of sp³-hybridized carbons (Fsp3) is 0.333. The molecule has 0 radical (unpaired) electrons. The summed E-state index contributed by atoms with van der Waals surface area (Å²) in [6.45, 7) is 0. The second-order valence-corrected chi connectivity index (χ2v) is 2.73. The predicted molar refractivity (Wildman–Crippen MR) is 29.2 cm³/mol. The van der Waals surface area contributed by atoms with Gasteiger partial charge in [0.05, 0.1) is 2.74 Å². The third kappa shape index (κ3) is 0.893. The summed E-state index contributed by atoms with van der Waals surface area (Å²) in [5, 5.41) is 0.421. The third-order valence-corrected chi connectivity index (χ3v) is 1.87. The van der Waals surface area contributed by atoms with Crippen LogP contribution >= 0.6 is 21.6 Å². The molecule has 0 nitrogen and oxygen atoms in total. The number of rotatable bonds is 0. The van der Waals surface area contributed by atoms with Crippen molar-refractivity contribution < 1.29 is 2.74 Å². The van der Waals surface area contributed by atoms with Crippen LogP contribution in [0.4, 0.5) is 0 Å². The van der Waals surface area contributed by atoms with Gasteiger partial charge >= 0.3 is 0 Å². The molecule has 0 saturated carbocycles. The fourth-order valence-corrected chi connectivity index (χ4v) is 1.33. The standard InChI is InChI=1S/C3H4S2/c1-2-4-5-3-1/h1-2H,3H2/i1D,2D. The van der Waals surface area contributed by atoms with Crippen LogP contribution in [0.1, 0.15) is 2.74 Å². The van der Waals surface area contributed by atoms with Gasteiger partial charge in [-0.15, -0.1) is 0 Å². The molecule has 0 amide bonds. The molecule has 0 atom stereocenters. The van der Waals surface area contributed by atoms with Crippen LogP contribution in [0.3, 0.4) is 0 Å². The van der Waals surface area contributed by atoms with E-state index in [4.69, 9.17) is 2.74 Å². The summed E-state index contributed by atoms with van der Waals surface area (Å²) >= 11 is 0. The van der Waals surface area contributed by atoms with Gasteiger partial charge in [-0.1, -0.05) is 27.6 Å². The SMILES string of the molecule is [2H]C1=C([2H])SSC1. The van der Waals surface area contributed by atoms with Crippen LogP contribution in [0.25, 0.3) is 0 Å². The minimum Gasteiger partial charge on any atom is -0.0854 e. The molecule has 1 aliphatic heterocycles. The Bertz CT molecular complexity index is 97.5. The van der Waals surface area contributed by atoms with Crippen molar-refractivity contribution in [3.05, 3.63) is 11.4 Å². The summed E-state index contributed by atoms with van der Waals surface area (Å²) in [6, 6.07) is 0.468. The van der Waals surface area contributed by atoms with Crippen LogP contribution in [0, 0.1) is 0 Å². The summed E-state index contributed by atoms with van der Waals surface area (Å²) in [7, 11) is 2.94. The third-order valence-electron chi connectivity index (χ3n) is 0.304. The highest BCUT2D eigenvalue weighted by atomic mass is 33.1. The second kappa shape index (κ2) is 1.78. The monoisotopic (exact) mass is 106 g/mol. The summed E-state index contributed by atoms with van der Waals surface area (Å²) in [4.78, 5) is 0. The Hall–Kier alpha value is 0.440. The normalized spacial score (nSPS) is 30.4. The molecule has 0 aromatic rings. The van der Waals surface area contributed by atoms with Crippen LogP contribution < -0.4 is 0 Å². The topological polar surface area (TPSA) is 0 Å². The lowest BCUT2D eigenvalue weighted by Crippen LogP contribution is -1.46. The Morgan fingerprint density at radius 3 is 3.20 bits per heavy atom. The largest absolute Gasteiger partial charge is 0.0854 e. The molecule has 1 aliphatic rings. The summed E-state index contributed by atoms with van der Waals surface area (Å²) in [5.74, 6) is 0.712. The van der Waals surface area contributed by atoms with Gasteiger partial charge in [0, 0.05) is 5.75 Å². The van der Waals surface area contributed by atoms with Gasteiger partial charge in [0.1, 0.15) is 0 Å². The van der Waals surface area contributed by atoms with Crippen LogP contribution in [0.5, 0.6) is 0 Å². The van der Waals surface area contributed by atoms with Crippen LogP contribution in [-0.4, -0.2) is 5.75 Å². The molecule has 0 aromatic heterocycles. The molecule has 1 heterocycles. The molecule has 0 aromatic carbocycles. The lowest BCUT2D eigenvalue weighted by Gasteiger charge is -1.69. The van der Waals surface area contributed by atoms with Gasteiger partial charge in [-0.2, -0.15) is 0 Å². The molecule has 28 valence electrons. The summed E-state index contributed by atoms with van der Waals surface area (Å²) in [5.41, 5.74) is 0. The molecule has 1 rings (SSSR count). The van der Waals surface area contributed by atoms with Gasteiger partial charge in [-0.25, -0.2) is 0 Å². The Balaban J connectivity index is 2.64. The van der Waals surface area contributed by atoms with E-state index in [2.05, 4.69) is 0 Å². The first-order valence-electron chi connectivity index (χ1n) is 2.26. The molecule has 0 saturated heterocycles. The molecule has 5 heavy (non-hydrogen) atoms. The van der Waals surface area contributed by atoms with Gasteiger partial charge in [0.2, 0.25) is 0 Å². The van der Waals surface area contributed by atoms with Crippen molar-refractivity contribution in [1.82, 2.24) is 0 Å². The van der Waals surface area contributed by atoms with E-state index in [1.54, 1.807) is 10.8 Å². The van der Waals surface area contributed by atoms with Crippen molar-refractivity contribution in [2.24, 2.45) is 0 Å². The van der Waals surface area contributed by atoms with Crippen LogP contribution in [0.15, 0.2) is 11.4 Å². The van der Waals surface area contributed by atoms with Crippen molar-refractivity contribution >= 4 is 21.6 Å². The van der Waals surface area contributed by atoms with Gasteiger partial charge in [-0.05, 0) is 5.38 Å². The Morgan fingerprint density at radius 2 is 3.00 bits per heavy atom. The Morgan fingerprint density at radius 1 is 2.00 bits per heavy atom. The van der Waals surface area contributed by atoms with Crippen molar-refractivity contribution in [3.8, 4) is 0 Å². The minimum absolute atomic E-state index is 0.421. The number of hydrogen-bond acceptors (Lipinski definition) is 2. The van der Waals surface area contributed by atoms with E-state index >= 15 is 0 Å². The lowest BCUT2D eigenvalue weighted by atomic mass is 10.8. The molecule has 0 unspecified atom stereocenters. The highest BCUT2D eigenvalue weighted by Gasteiger charge is 1.85. The first kappa shape index (κ1) is 1.94. The lowest BCUT2D eigenvalue weighted by molar-refractivity contribution is 1.85. The zero-order chi connectivity index (χ0) is 5.28. The summed E-state index contributed by atoms with van der Waals surface area (Å²) in [6.07, 6.45) is 0. The molecular weight excluding hydrogens is 100 g/mol. The molecule has 0 aliphatic carbocycles. The van der Waals surface area contributed by atoms with Crippen molar-refractivity contribution in [1.29, 1.82) is 0 Å². The van der Waals surface area contributed by atoms with Gasteiger partial charge in [-0.3, -0.25) is 0 Å². The molecular formula is C3H4S2. The van der Waals surface area contributed by atoms with E-state index in [1.165, 1.54) is 10.8 Å². The van der Waals surface area contributed by atoms with E-state index in [0.717, 1.165) is 0 Å². The van der Waals surface area contributed by atoms with Crippen LogP contribution in [0.2, 0.25) is 0 Å². The Kier molecular flexibility index (Phi) is 0.688. The van der Waals surface area contributed by atoms with Gasteiger partial charge < -0.3 is 0 Å². The first-order chi connectivity index (χ1) is 3.30. The number of hydrogen-bond donors (Lipinski definition) is 0. The summed E-state index contributed by atoms with van der Waals surface area (Å²) < 4.78 is 14.0. The molecule has 0 bridgehead atoms. The predicted octanol–water partition coefficient (Wildman–Crippen LogP) is 1.90. The van der Waals surface area contributed by atoms with E-state index in [-0.39, 0.29) is 0 Å². The Labute approximate surface area is 42.2 Å². The molecule has 0 fully saturated rings. The highest BCUT2D eigenvalue weighted by molar-refractivity contribution is 8.78. The zero-order valence-corrected chi connectivity index (χ0v) is 4.16. The maximum Gasteiger partial charge on any atom is 0.0703 e. The smallest absolute Gasteiger partial charge is 0.0703 e. The maximum absolute atomic E-state index is 6.99. The van der Waals surface area contributed by atoms with E-state index in [1.807, 2.05) is 0 Å². The maximum atomic E-state index is 6.99. The van der Waals surface area contributed by atoms with Gasteiger partial charge in [0.15, 0.2) is 0 Å². The van der Waals surface area contributed by atoms with Crippen LogP contribution in [-0.2, 0) is 0 Å². The molecule has 0 N–H and O–H groups in total. The highest BCUT2D eigenvalue weighted by Crippen LogP contribution is 2.27. The average molecular weight is 106 g/mol. The first-order valence-corrected chi connectivity index (χ1v) is 3.58. The zero-order valence-electron chi connectivity index (χ0n) is 4.52. The van der Waals surface area contributed by atoms with E-state index in [9.17, 15) is 0 Å². The average Bonchev–Trinajstić information content (AvgIpc) is 1.91. The van der Waals surface area contributed by atoms with Crippen molar-refractivity contribution in [2.75, 3.05) is 5.75 Å².